The van der Waals surface area contributed by atoms with Gasteiger partial charge in [-0.05, 0) is 13.0 Å². The molecule has 0 bridgehead atoms. The van der Waals surface area contributed by atoms with E-state index in [-0.39, 0.29) is 18.7 Å². The quantitative estimate of drug-likeness (QED) is 0.868. The molecule has 0 spiro atoms. The van der Waals surface area contributed by atoms with Crippen molar-refractivity contribution in [1.29, 1.82) is 0 Å². The van der Waals surface area contributed by atoms with Gasteiger partial charge in [0.15, 0.2) is 0 Å². The lowest BCUT2D eigenvalue weighted by atomic mass is 10.2. The van der Waals surface area contributed by atoms with Gasteiger partial charge in [-0.2, -0.15) is 13.2 Å². The van der Waals surface area contributed by atoms with E-state index in [0.717, 1.165) is 4.90 Å². The standard InChI is InChI=1S/C13H14F3NO2S/c1-2-17(9-13(14,15)16)12(19)10-7-11(20-8-10)5-3-4-6-18/h7-8,18H,2,4,6,9H2,1H3. The third kappa shape index (κ3) is 5.23. The Bertz CT molecular complexity index is 514. The second-order valence-electron chi connectivity index (χ2n) is 3.91. The minimum atomic E-state index is -4.41. The highest BCUT2D eigenvalue weighted by molar-refractivity contribution is 7.10. The number of nitrogens with zero attached hydrogens (tertiary/aromatic N) is 1. The van der Waals surface area contributed by atoms with Gasteiger partial charge in [0.1, 0.15) is 6.54 Å². The van der Waals surface area contributed by atoms with E-state index in [9.17, 15) is 18.0 Å². The van der Waals surface area contributed by atoms with Crippen LogP contribution < -0.4 is 0 Å². The zero-order valence-electron chi connectivity index (χ0n) is 10.8. The predicted molar refractivity (Wildman–Crippen MR) is 70.5 cm³/mol. The molecule has 1 heterocycles. The molecule has 0 unspecified atom stereocenters. The van der Waals surface area contributed by atoms with Crippen molar-refractivity contribution in [3.05, 3.63) is 21.9 Å². The van der Waals surface area contributed by atoms with E-state index >= 15 is 0 Å². The molecule has 3 nitrogen and oxygen atoms in total. The first-order valence-corrected chi connectivity index (χ1v) is 6.79. The van der Waals surface area contributed by atoms with Gasteiger partial charge in [-0.3, -0.25) is 4.79 Å². The number of alkyl halides is 3. The SMILES string of the molecule is CCN(CC(F)(F)F)C(=O)c1csc(C#CCCO)c1. The van der Waals surface area contributed by atoms with Crippen molar-refractivity contribution in [2.45, 2.75) is 19.5 Å². The zero-order valence-corrected chi connectivity index (χ0v) is 11.6. The Labute approximate surface area is 119 Å². The minimum Gasteiger partial charge on any atom is -0.395 e. The van der Waals surface area contributed by atoms with Crippen LogP contribution in [0, 0.1) is 11.8 Å². The number of aliphatic hydroxyl groups excluding tert-OH is 1. The average Bonchev–Trinajstić information content (AvgIpc) is 2.83. The van der Waals surface area contributed by atoms with Crippen molar-refractivity contribution in [3.8, 4) is 11.8 Å². The number of hydrogen-bond donors (Lipinski definition) is 1. The fourth-order valence-electron chi connectivity index (χ4n) is 1.45. The Kier molecular flexibility index (Phi) is 6.05. The number of hydrogen-bond acceptors (Lipinski definition) is 3. The lowest BCUT2D eigenvalue weighted by Crippen LogP contribution is -2.38. The molecule has 0 saturated carbocycles. The fourth-order valence-corrected chi connectivity index (χ4v) is 2.19. The van der Waals surface area contributed by atoms with Gasteiger partial charge in [0.2, 0.25) is 0 Å². The highest BCUT2D eigenvalue weighted by Gasteiger charge is 2.32. The van der Waals surface area contributed by atoms with Gasteiger partial charge in [-0.1, -0.05) is 11.8 Å². The largest absolute Gasteiger partial charge is 0.406 e. The molecule has 0 aromatic carbocycles. The molecule has 0 fully saturated rings. The molecule has 0 aliphatic rings. The summed E-state index contributed by atoms with van der Waals surface area (Å²) in [7, 11) is 0. The second kappa shape index (κ2) is 7.31. The van der Waals surface area contributed by atoms with Crippen molar-refractivity contribution in [2.75, 3.05) is 19.7 Å². The number of halogens is 3. The number of amides is 1. The normalized spacial score (nSPS) is 10.8. The molecule has 20 heavy (non-hydrogen) atoms. The molecule has 0 aliphatic carbocycles. The lowest BCUT2D eigenvalue weighted by molar-refractivity contribution is -0.140. The summed E-state index contributed by atoms with van der Waals surface area (Å²) in [6.45, 7) is 0.167. The van der Waals surface area contributed by atoms with Crippen molar-refractivity contribution < 1.29 is 23.1 Å². The third-order valence-electron chi connectivity index (χ3n) is 2.33. The first-order valence-electron chi connectivity index (χ1n) is 5.91. The third-order valence-corrected chi connectivity index (χ3v) is 3.18. The monoisotopic (exact) mass is 305 g/mol. The van der Waals surface area contributed by atoms with Crippen LogP contribution in [0.2, 0.25) is 0 Å². The zero-order chi connectivity index (χ0) is 15.2. The van der Waals surface area contributed by atoms with E-state index in [4.69, 9.17) is 5.11 Å². The molecule has 110 valence electrons. The number of thiophene rings is 1. The molecule has 1 rings (SSSR count). The molecule has 1 amide bonds. The fraction of sp³-hybridized carbons (Fsp3) is 0.462. The van der Waals surface area contributed by atoms with Crippen molar-refractivity contribution in [3.63, 3.8) is 0 Å². The van der Waals surface area contributed by atoms with Crippen molar-refractivity contribution in [2.24, 2.45) is 0 Å². The van der Waals surface area contributed by atoms with E-state index in [2.05, 4.69) is 11.8 Å². The van der Waals surface area contributed by atoms with E-state index in [0.29, 0.717) is 11.3 Å². The number of rotatable bonds is 4. The molecular weight excluding hydrogens is 291 g/mol. The van der Waals surface area contributed by atoms with Crippen molar-refractivity contribution >= 4 is 17.2 Å². The van der Waals surface area contributed by atoms with Crippen LogP contribution in [-0.4, -0.2) is 41.8 Å². The average molecular weight is 305 g/mol. The molecule has 7 heteroatoms. The van der Waals surface area contributed by atoms with Crippen LogP contribution in [0.5, 0.6) is 0 Å². The van der Waals surface area contributed by atoms with Gasteiger partial charge >= 0.3 is 6.18 Å². The van der Waals surface area contributed by atoms with Gasteiger partial charge in [0.05, 0.1) is 17.0 Å². The number of aliphatic hydroxyl groups is 1. The second-order valence-corrected chi connectivity index (χ2v) is 4.82. The molecule has 0 radical (unpaired) electrons. The summed E-state index contributed by atoms with van der Waals surface area (Å²) in [5.41, 5.74) is 0.203. The molecule has 1 aromatic rings. The van der Waals surface area contributed by atoms with Gasteiger partial charge in [0, 0.05) is 18.3 Å². The van der Waals surface area contributed by atoms with Crippen LogP contribution in [0.15, 0.2) is 11.4 Å². The number of carbonyl (C=O) groups excluding carboxylic acids is 1. The van der Waals surface area contributed by atoms with Gasteiger partial charge < -0.3 is 10.0 Å². The van der Waals surface area contributed by atoms with Gasteiger partial charge in [0.25, 0.3) is 5.91 Å². The molecule has 1 aromatic heterocycles. The summed E-state index contributed by atoms with van der Waals surface area (Å²) in [6, 6.07) is 1.47. The van der Waals surface area contributed by atoms with E-state index in [1.807, 2.05) is 0 Å². The summed E-state index contributed by atoms with van der Waals surface area (Å²) >= 11 is 1.19. The maximum Gasteiger partial charge on any atom is 0.406 e. The van der Waals surface area contributed by atoms with Crippen LogP contribution in [0.25, 0.3) is 0 Å². The van der Waals surface area contributed by atoms with Crippen LogP contribution in [0.3, 0.4) is 0 Å². The molecule has 0 atom stereocenters. The number of carbonyl (C=O) groups is 1. The first-order chi connectivity index (χ1) is 9.37. The summed E-state index contributed by atoms with van der Waals surface area (Å²) in [5, 5.41) is 10.1. The smallest absolute Gasteiger partial charge is 0.395 e. The maximum absolute atomic E-state index is 12.3. The predicted octanol–water partition coefficient (Wildman–Crippen LogP) is 2.51. The van der Waals surface area contributed by atoms with Crippen molar-refractivity contribution in [1.82, 2.24) is 4.90 Å². The Morgan fingerprint density at radius 2 is 2.20 bits per heavy atom. The summed E-state index contributed by atoms with van der Waals surface area (Å²) < 4.78 is 37.0. The molecular formula is C13H14F3NO2S. The Morgan fingerprint density at radius 3 is 2.75 bits per heavy atom. The highest BCUT2D eigenvalue weighted by Crippen LogP contribution is 2.20. The molecule has 0 aliphatic heterocycles. The van der Waals surface area contributed by atoms with Gasteiger partial charge in [-0.15, -0.1) is 11.3 Å². The van der Waals surface area contributed by atoms with Crippen LogP contribution in [0.4, 0.5) is 13.2 Å². The Morgan fingerprint density at radius 1 is 1.50 bits per heavy atom. The topological polar surface area (TPSA) is 40.5 Å². The van der Waals surface area contributed by atoms with Gasteiger partial charge in [-0.25, -0.2) is 0 Å². The van der Waals surface area contributed by atoms with Crippen LogP contribution in [-0.2, 0) is 0 Å². The Hall–Kier alpha value is -1.52. The molecule has 1 N–H and O–H groups in total. The Balaban J connectivity index is 2.79. The maximum atomic E-state index is 12.3. The summed E-state index contributed by atoms with van der Waals surface area (Å²) in [4.78, 5) is 13.3. The van der Waals surface area contributed by atoms with E-state index in [1.54, 1.807) is 0 Å². The summed E-state index contributed by atoms with van der Waals surface area (Å²) in [5.74, 6) is 4.78. The molecule has 0 saturated heterocycles. The first kappa shape index (κ1) is 16.5. The highest BCUT2D eigenvalue weighted by atomic mass is 32.1. The van der Waals surface area contributed by atoms with E-state index < -0.39 is 18.6 Å². The van der Waals surface area contributed by atoms with Crippen LogP contribution >= 0.6 is 11.3 Å². The minimum absolute atomic E-state index is 0.0142. The lowest BCUT2D eigenvalue weighted by Gasteiger charge is -2.21. The van der Waals surface area contributed by atoms with Crippen LogP contribution in [0.1, 0.15) is 28.6 Å². The van der Waals surface area contributed by atoms with E-state index in [1.165, 1.54) is 29.7 Å². The summed E-state index contributed by atoms with van der Waals surface area (Å²) in [6.07, 6.45) is -4.10.